The van der Waals surface area contributed by atoms with Gasteiger partial charge in [0.25, 0.3) is 5.91 Å². The van der Waals surface area contributed by atoms with Crippen LogP contribution in [0.5, 0.6) is 5.75 Å². The number of anilines is 1. The number of benzene rings is 1. The number of Topliss-reactive ketones (excluding diaryl/α,β-unsaturated/α-hetero) is 2. The van der Waals surface area contributed by atoms with Gasteiger partial charge in [0.15, 0.2) is 11.6 Å². The maximum atomic E-state index is 14.0. The molecule has 5 rings (SSSR count). The van der Waals surface area contributed by atoms with Crippen LogP contribution in [-0.4, -0.2) is 51.5 Å². The number of ketones is 2. The first-order valence-corrected chi connectivity index (χ1v) is 12.5. The van der Waals surface area contributed by atoms with Crippen molar-refractivity contribution in [3.8, 4) is 5.75 Å². The molecule has 8 nitrogen and oxygen atoms in total. The predicted molar refractivity (Wildman–Crippen MR) is 129 cm³/mol. The molecule has 0 spiro atoms. The molecule has 0 saturated carbocycles. The second-order valence-electron chi connectivity index (χ2n) is 10.3. The Morgan fingerprint density at radius 1 is 1.17 bits per heavy atom. The Morgan fingerprint density at radius 3 is 2.49 bits per heavy atom. The van der Waals surface area contributed by atoms with Crippen LogP contribution < -0.4 is 10.6 Å². The van der Waals surface area contributed by atoms with Gasteiger partial charge in [-0.15, -0.1) is 0 Å². The fourth-order valence-corrected chi connectivity index (χ4v) is 6.80. The Morgan fingerprint density at radius 2 is 1.86 bits per heavy atom. The lowest BCUT2D eigenvalue weighted by atomic mass is 9.58. The topological polar surface area (TPSA) is 141 Å². The number of aliphatic hydroxyl groups excluding tert-OH is 1. The van der Waals surface area contributed by atoms with E-state index in [1.807, 2.05) is 13.0 Å². The molecule has 8 heteroatoms. The molecule has 35 heavy (non-hydrogen) atoms. The summed E-state index contributed by atoms with van der Waals surface area (Å²) in [7, 11) is 0. The van der Waals surface area contributed by atoms with E-state index in [-0.39, 0.29) is 35.0 Å². The number of allylic oxidation sites excluding steroid dienone is 1. The van der Waals surface area contributed by atoms with E-state index >= 15 is 0 Å². The number of carbonyl (C=O) groups excluding carboxylic acids is 3. The van der Waals surface area contributed by atoms with Crippen LogP contribution in [0.15, 0.2) is 28.5 Å². The van der Waals surface area contributed by atoms with Crippen molar-refractivity contribution in [2.45, 2.75) is 64.4 Å². The van der Waals surface area contributed by atoms with Gasteiger partial charge in [-0.25, -0.2) is 0 Å². The number of hydrogen-bond donors (Lipinski definition) is 4. The fourth-order valence-electron chi connectivity index (χ4n) is 6.80. The first-order valence-electron chi connectivity index (χ1n) is 12.5. The molecular formula is C27H32N2O6. The van der Waals surface area contributed by atoms with Gasteiger partial charge in [-0.1, -0.05) is 6.92 Å². The summed E-state index contributed by atoms with van der Waals surface area (Å²) in [4.78, 5) is 40.5. The fraction of sp³-hybridized carbons (Fsp3) is 0.519. The van der Waals surface area contributed by atoms with Gasteiger partial charge in [-0.05, 0) is 74.1 Å². The summed E-state index contributed by atoms with van der Waals surface area (Å²) >= 11 is 0. The molecule has 1 aromatic rings. The highest BCUT2D eigenvalue weighted by molar-refractivity contribution is 6.20. The molecule has 0 radical (unpaired) electrons. The zero-order valence-electron chi connectivity index (χ0n) is 20.2. The average molecular weight is 481 g/mol. The van der Waals surface area contributed by atoms with Crippen LogP contribution >= 0.6 is 0 Å². The number of aryl methyl sites for hydroxylation is 1. The van der Waals surface area contributed by atoms with Crippen molar-refractivity contribution in [1.82, 2.24) is 0 Å². The molecule has 0 bridgehead atoms. The molecule has 186 valence electrons. The number of phenolic OH excluding ortho intramolecular Hbond substituents is 1. The lowest BCUT2D eigenvalue weighted by Crippen LogP contribution is -2.53. The van der Waals surface area contributed by atoms with Crippen LogP contribution in [0.25, 0.3) is 0 Å². The molecule has 1 fully saturated rings. The highest BCUT2D eigenvalue weighted by Crippen LogP contribution is 2.54. The van der Waals surface area contributed by atoms with Crippen molar-refractivity contribution in [2.75, 3.05) is 18.0 Å². The van der Waals surface area contributed by atoms with Gasteiger partial charge in [0.05, 0.1) is 11.3 Å². The molecule has 1 saturated heterocycles. The molecule has 0 aromatic heterocycles. The van der Waals surface area contributed by atoms with Crippen molar-refractivity contribution >= 4 is 23.2 Å². The van der Waals surface area contributed by atoms with E-state index < -0.39 is 34.5 Å². The third-order valence-corrected chi connectivity index (χ3v) is 8.58. The smallest absolute Gasteiger partial charge is 0.255 e. The van der Waals surface area contributed by atoms with E-state index in [2.05, 4.69) is 4.90 Å². The Labute approximate surface area is 204 Å². The number of nitrogens with zero attached hydrogens (tertiary/aromatic N) is 1. The number of rotatable bonds is 3. The maximum Gasteiger partial charge on any atom is 0.255 e. The molecule has 3 atom stereocenters. The molecule has 1 heterocycles. The van der Waals surface area contributed by atoms with Gasteiger partial charge >= 0.3 is 0 Å². The number of primary amides is 1. The number of piperidine rings is 1. The number of carbonyl (C=O) groups is 3. The van der Waals surface area contributed by atoms with Gasteiger partial charge in [0.1, 0.15) is 22.7 Å². The number of aliphatic hydroxyl groups is 2. The van der Waals surface area contributed by atoms with Crippen molar-refractivity contribution in [2.24, 2.45) is 17.6 Å². The van der Waals surface area contributed by atoms with Crippen molar-refractivity contribution in [3.63, 3.8) is 0 Å². The summed E-state index contributed by atoms with van der Waals surface area (Å²) in [6.07, 6.45) is 4.56. The second-order valence-corrected chi connectivity index (χ2v) is 10.3. The number of amides is 1. The molecule has 5 N–H and O–H groups in total. The number of phenols is 1. The average Bonchev–Trinajstić information content (AvgIpc) is 2.82. The van der Waals surface area contributed by atoms with Crippen molar-refractivity contribution < 1.29 is 29.7 Å². The molecular weight excluding hydrogens is 448 g/mol. The number of fused-ring (bicyclic) bond motifs is 3. The third kappa shape index (κ3) is 3.26. The van der Waals surface area contributed by atoms with Gasteiger partial charge in [0, 0.05) is 31.0 Å². The second kappa shape index (κ2) is 8.22. The maximum absolute atomic E-state index is 14.0. The first kappa shape index (κ1) is 23.6. The van der Waals surface area contributed by atoms with Crippen molar-refractivity contribution in [1.29, 1.82) is 0 Å². The summed E-state index contributed by atoms with van der Waals surface area (Å²) in [6.45, 7) is 5.23. The Kier molecular flexibility index (Phi) is 5.55. The third-order valence-electron chi connectivity index (χ3n) is 8.58. The predicted octanol–water partition coefficient (Wildman–Crippen LogP) is 2.64. The van der Waals surface area contributed by atoms with Crippen LogP contribution in [0.2, 0.25) is 0 Å². The highest BCUT2D eigenvalue weighted by atomic mass is 16.3. The van der Waals surface area contributed by atoms with Gasteiger partial charge < -0.3 is 26.0 Å². The Bertz CT molecular complexity index is 1220. The summed E-state index contributed by atoms with van der Waals surface area (Å²) in [6, 6.07) is 2.01. The van der Waals surface area contributed by atoms with Crippen LogP contribution in [0, 0.1) is 11.8 Å². The zero-order valence-corrected chi connectivity index (χ0v) is 20.2. The number of hydrogen-bond acceptors (Lipinski definition) is 7. The Hall–Kier alpha value is -3.13. The lowest BCUT2D eigenvalue weighted by Gasteiger charge is -2.48. The number of nitrogens with two attached hydrogens (primary N) is 1. The minimum absolute atomic E-state index is 0.0339. The lowest BCUT2D eigenvalue weighted by molar-refractivity contribution is -0.126. The standard InChI is InChI=1S/C27H32N2O6/c1-3-14-11-18(29-7-5-4-6-8-29)23(31)21-17(14)10-15-9-16-12-19(30)22(26(28)34)25(33)27(16,35)13(2)20(15)24(21)32/h11,15-16,31,33,35H,3-10,12H2,1-2H3,(H2,28,34)/t15-,16+,27-/m1/s1. The number of aromatic hydroxyl groups is 1. The van der Waals surface area contributed by atoms with Gasteiger partial charge in [-0.2, -0.15) is 0 Å². The Balaban J connectivity index is 1.69. The highest BCUT2D eigenvalue weighted by Gasteiger charge is 2.56. The molecule has 0 unspecified atom stereocenters. The van der Waals surface area contributed by atoms with Crippen LogP contribution in [0.1, 0.15) is 67.4 Å². The van der Waals surface area contributed by atoms with E-state index in [9.17, 15) is 29.7 Å². The van der Waals surface area contributed by atoms with Gasteiger partial charge in [0.2, 0.25) is 0 Å². The first-order chi connectivity index (χ1) is 16.6. The van der Waals surface area contributed by atoms with E-state index in [1.54, 1.807) is 6.92 Å². The van der Waals surface area contributed by atoms with Crippen LogP contribution in [0.3, 0.4) is 0 Å². The molecule has 4 aliphatic rings. The SMILES string of the molecule is CCc1cc(N2CCCCC2)c(O)c2c1C[C@H]1C[C@H]3CC(=O)C(C(N)=O)=C(O)[C@@]3(O)C(C)=C1C2=O. The zero-order chi connectivity index (χ0) is 25.2. The van der Waals surface area contributed by atoms with E-state index in [0.717, 1.165) is 43.5 Å². The molecule has 1 amide bonds. The quantitative estimate of drug-likeness (QED) is 0.487. The summed E-state index contributed by atoms with van der Waals surface area (Å²) in [5.74, 6) is -3.80. The summed E-state index contributed by atoms with van der Waals surface area (Å²) in [5.41, 5.74) is 6.04. The normalized spacial score (nSPS) is 28.6. The minimum atomic E-state index is -2.02. The largest absolute Gasteiger partial charge is 0.508 e. The summed E-state index contributed by atoms with van der Waals surface area (Å²) < 4.78 is 0. The molecule has 1 aromatic carbocycles. The van der Waals surface area contributed by atoms with Crippen LogP contribution in [-0.2, 0) is 22.4 Å². The molecule has 3 aliphatic carbocycles. The van der Waals surface area contributed by atoms with Crippen molar-refractivity contribution in [3.05, 3.63) is 45.2 Å². The van der Waals surface area contributed by atoms with E-state index in [0.29, 0.717) is 30.5 Å². The van der Waals surface area contributed by atoms with Crippen LogP contribution in [0.4, 0.5) is 5.69 Å². The monoisotopic (exact) mass is 480 g/mol. The molecule has 1 aliphatic heterocycles. The van der Waals surface area contributed by atoms with E-state index in [1.165, 1.54) is 0 Å². The van der Waals surface area contributed by atoms with Gasteiger partial charge in [-0.3, -0.25) is 14.4 Å². The summed E-state index contributed by atoms with van der Waals surface area (Å²) in [5, 5.41) is 33.9. The minimum Gasteiger partial charge on any atom is -0.508 e. The van der Waals surface area contributed by atoms with E-state index in [4.69, 9.17) is 5.73 Å².